The largest absolute Gasteiger partial charge is 0.378 e. The summed E-state index contributed by atoms with van der Waals surface area (Å²) in [5.41, 5.74) is 8.38. The Labute approximate surface area is 291 Å². The molecule has 0 atom stereocenters. The molecule has 5 nitrogen and oxygen atoms in total. The van der Waals surface area contributed by atoms with Crippen molar-refractivity contribution < 1.29 is 4.79 Å². The molecule has 0 radical (unpaired) electrons. The number of nitrogens with zero attached hydrogens (tertiary/aromatic N) is 3. The van der Waals surface area contributed by atoms with Crippen LogP contribution in [0.2, 0.25) is 0 Å². The fourth-order valence-corrected chi connectivity index (χ4v) is 4.13. The molecule has 0 bridgehead atoms. The van der Waals surface area contributed by atoms with Crippen LogP contribution < -0.4 is 5.32 Å². The molecule has 1 N–H and O–H groups in total. The fraction of sp³-hybridized carbons (Fsp3) is 0.429. The first-order valence-corrected chi connectivity index (χ1v) is 17.0. The van der Waals surface area contributed by atoms with E-state index in [0.29, 0.717) is 0 Å². The average molecular weight is 647 g/mol. The smallest absolute Gasteiger partial charge is 0.132 e. The lowest BCUT2D eigenvalue weighted by Crippen LogP contribution is -2.23. The number of hydrogen-bond acceptors (Lipinski definition) is 4. The van der Waals surface area contributed by atoms with Gasteiger partial charge in [-0.05, 0) is 69.0 Å². The first kappa shape index (κ1) is 49.8. The van der Waals surface area contributed by atoms with Gasteiger partial charge in [0.1, 0.15) is 12.6 Å². The standard InChI is InChI=1S/C18H27N.C17H25N3.2C2H6.C2H4.CH2O/c1-5-14-19(15-6-2)17(4)13-12-16(3)18-10-8-7-9-11-18;1-7-12-19-17(18-8-2)16-11-9-10-15(13(16)3)14(4)20(5)6;4*1-2/h7-13H,5-6,14-15H2,1-4H3;8-11H,2,4,7,12H2,1,3,5-6H3,(H,18,19);2*1-2H3;1-2H2;1H2/b16-12+,17-13+;;;;;. The number of hydrogen-bond donors (Lipinski definition) is 1. The molecule has 2 aromatic carbocycles. The van der Waals surface area contributed by atoms with Gasteiger partial charge in [-0.15, -0.1) is 13.2 Å². The van der Waals surface area contributed by atoms with Gasteiger partial charge < -0.3 is 19.9 Å². The third kappa shape index (κ3) is 21.3. The average Bonchev–Trinajstić information content (AvgIpc) is 3.12. The maximum atomic E-state index is 8.00. The Kier molecular flexibility index (Phi) is 36.8. The highest BCUT2D eigenvalue weighted by Crippen LogP contribution is 2.22. The quantitative estimate of drug-likeness (QED) is 0.102. The van der Waals surface area contributed by atoms with Gasteiger partial charge >= 0.3 is 0 Å². The van der Waals surface area contributed by atoms with Crippen molar-refractivity contribution in [3.8, 4) is 0 Å². The van der Waals surface area contributed by atoms with Gasteiger partial charge in [0.25, 0.3) is 0 Å². The van der Waals surface area contributed by atoms with Gasteiger partial charge in [-0.25, -0.2) is 0 Å². The van der Waals surface area contributed by atoms with Crippen molar-refractivity contribution in [1.29, 1.82) is 0 Å². The van der Waals surface area contributed by atoms with Crippen LogP contribution >= 0.6 is 0 Å². The van der Waals surface area contributed by atoms with E-state index in [9.17, 15) is 0 Å². The van der Waals surface area contributed by atoms with Gasteiger partial charge in [-0.1, -0.05) is 116 Å². The lowest BCUT2D eigenvalue weighted by atomic mass is 9.99. The highest BCUT2D eigenvalue weighted by Gasteiger charge is 2.12. The van der Waals surface area contributed by atoms with E-state index in [4.69, 9.17) is 4.79 Å². The molecule has 0 unspecified atom stereocenters. The molecule has 5 heteroatoms. The van der Waals surface area contributed by atoms with Crippen LogP contribution in [0.15, 0.2) is 104 Å². The summed E-state index contributed by atoms with van der Waals surface area (Å²) in [5.74, 6) is 0.868. The van der Waals surface area contributed by atoms with Gasteiger partial charge in [0.05, 0.1) is 0 Å². The first-order valence-electron chi connectivity index (χ1n) is 17.0. The molecule has 47 heavy (non-hydrogen) atoms. The predicted molar refractivity (Wildman–Crippen MR) is 216 cm³/mol. The molecule has 2 rings (SSSR count). The van der Waals surface area contributed by atoms with Crippen LogP contribution in [0.3, 0.4) is 0 Å². The lowest BCUT2D eigenvalue weighted by Gasteiger charge is -2.24. The summed E-state index contributed by atoms with van der Waals surface area (Å²) >= 11 is 0. The second kappa shape index (κ2) is 34.7. The summed E-state index contributed by atoms with van der Waals surface area (Å²) in [4.78, 5) is 17.1. The second-order valence-corrected chi connectivity index (χ2v) is 9.91. The fourth-order valence-electron chi connectivity index (χ4n) is 4.13. The van der Waals surface area contributed by atoms with Crippen molar-refractivity contribution in [3.05, 3.63) is 121 Å². The van der Waals surface area contributed by atoms with Crippen molar-refractivity contribution in [3.63, 3.8) is 0 Å². The normalized spacial score (nSPS) is 10.3. The Hall–Kier alpha value is -4.12. The van der Waals surface area contributed by atoms with Crippen LogP contribution in [0, 0.1) is 6.92 Å². The van der Waals surface area contributed by atoms with E-state index < -0.39 is 0 Å². The van der Waals surface area contributed by atoms with E-state index in [1.807, 2.05) is 59.5 Å². The second-order valence-electron chi connectivity index (χ2n) is 9.91. The topological polar surface area (TPSA) is 47.9 Å². The number of nitrogens with one attached hydrogen (secondary N) is 1. The molecular weight excluding hydrogens is 576 g/mol. The van der Waals surface area contributed by atoms with E-state index >= 15 is 0 Å². The summed E-state index contributed by atoms with van der Waals surface area (Å²) in [7, 11) is 4.01. The molecule has 0 aliphatic rings. The Balaban J connectivity index is -0.000000324. The van der Waals surface area contributed by atoms with Gasteiger partial charge in [0.2, 0.25) is 0 Å². The zero-order valence-electron chi connectivity index (χ0n) is 32.4. The predicted octanol–water partition coefficient (Wildman–Crippen LogP) is 11.2. The van der Waals surface area contributed by atoms with E-state index in [2.05, 4.69) is 138 Å². The van der Waals surface area contributed by atoms with E-state index in [-0.39, 0.29) is 0 Å². The highest BCUT2D eigenvalue weighted by atomic mass is 16.1. The zero-order valence-corrected chi connectivity index (χ0v) is 32.4. The van der Waals surface area contributed by atoms with Crippen LogP contribution in [0.1, 0.15) is 104 Å². The zero-order chi connectivity index (χ0) is 37.2. The van der Waals surface area contributed by atoms with Crippen LogP contribution in [-0.2, 0) is 4.79 Å². The SMILES string of the molecule is C=C.C=CNC(=NCCC)c1cccc(C(=C)N(C)C)c1C.C=O.CC.CC.CCCN(CCC)/C(C)=C/C=C(\C)c1ccccc1. The minimum atomic E-state index is 0.800. The molecule has 0 aromatic heterocycles. The number of rotatable bonds is 13. The van der Waals surface area contributed by atoms with Gasteiger partial charge in [0, 0.05) is 56.3 Å². The summed E-state index contributed by atoms with van der Waals surface area (Å²) in [6.45, 7) is 40.0. The molecule has 0 amide bonds. The number of allylic oxidation sites excluding steroid dienone is 4. The molecule has 0 aliphatic heterocycles. The van der Waals surface area contributed by atoms with Crippen molar-refractivity contribution >= 4 is 23.9 Å². The molecule has 2 aromatic rings. The molecule has 0 aliphatic carbocycles. The Bertz CT molecular complexity index is 1140. The Morgan fingerprint density at radius 1 is 0.809 bits per heavy atom. The highest BCUT2D eigenvalue weighted by molar-refractivity contribution is 6.01. The van der Waals surface area contributed by atoms with Crippen LogP contribution in [0.4, 0.5) is 0 Å². The van der Waals surface area contributed by atoms with Crippen LogP contribution in [0.5, 0.6) is 0 Å². The molecule has 264 valence electrons. The lowest BCUT2D eigenvalue weighted by molar-refractivity contribution is -0.0980. The minimum Gasteiger partial charge on any atom is -0.378 e. The number of aliphatic imine (C=N–C) groups is 1. The van der Waals surface area contributed by atoms with Gasteiger partial charge in [-0.2, -0.15) is 0 Å². The summed E-state index contributed by atoms with van der Waals surface area (Å²) < 4.78 is 0. The van der Waals surface area contributed by atoms with E-state index in [1.54, 1.807) is 6.20 Å². The van der Waals surface area contributed by atoms with Crippen LogP contribution in [0.25, 0.3) is 11.3 Å². The number of carbonyl (C=O) groups is 1. The molecule has 0 saturated heterocycles. The monoisotopic (exact) mass is 647 g/mol. The maximum Gasteiger partial charge on any atom is 0.132 e. The molecular formula is C42H70N4O. The third-order valence-electron chi connectivity index (χ3n) is 6.46. The third-order valence-corrected chi connectivity index (χ3v) is 6.46. The number of carbonyl (C=O) groups excluding carboxylic acids is 1. The van der Waals surface area contributed by atoms with Crippen molar-refractivity contribution in [2.45, 2.75) is 88.5 Å². The summed E-state index contributed by atoms with van der Waals surface area (Å²) in [5, 5.41) is 3.14. The molecule has 0 heterocycles. The maximum absolute atomic E-state index is 8.00. The van der Waals surface area contributed by atoms with E-state index in [1.165, 1.54) is 35.2 Å². The van der Waals surface area contributed by atoms with Gasteiger partial charge in [0.15, 0.2) is 0 Å². The number of amidine groups is 1. The van der Waals surface area contributed by atoms with E-state index in [0.717, 1.165) is 48.7 Å². The summed E-state index contributed by atoms with van der Waals surface area (Å²) in [6, 6.07) is 16.8. The van der Waals surface area contributed by atoms with Crippen molar-refractivity contribution in [2.24, 2.45) is 4.99 Å². The Morgan fingerprint density at radius 2 is 1.32 bits per heavy atom. The molecule has 0 fully saturated rings. The van der Waals surface area contributed by atoms with Crippen LogP contribution in [-0.4, -0.2) is 56.2 Å². The first-order chi connectivity index (χ1) is 22.7. The van der Waals surface area contributed by atoms with Crippen molar-refractivity contribution in [2.75, 3.05) is 33.7 Å². The van der Waals surface area contributed by atoms with Gasteiger partial charge in [-0.3, -0.25) is 4.99 Å². The molecule has 0 saturated carbocycles. The Morgan fingerprint density at radius 3 is 1.77 bits per heavy atom. The summed E-state index contributed by atoms with van der Waals surface area (Å²) in [6.07, 6.45) is 9.56. The van der Waals surface area contributed by atoms with Crippen molar-refractivity contribution in [1.82, 2.24) is 15.1 Å². The minimum absolute atomic E-state index is 0.800. The molecule has 0 spiro atoms. The number of benzene rings is 2.